The lowest BCUT2D eigenvalue weighted by Crippen LogP contribution is -2.57. The quantitative estimate of drug-likeness (QED) is 0.196. The Hall–Kier alpha value is -4.87. The number of nitrogens with zero attached hydrogens (tertiary/aromatic N) is 2. The molecule has 3 N–H and O–H groups in total. The molecule has 7 rings (SSSR count). The summed E-state index contributed by atoms with van der Waals surface area (Å²) in [6.45, 7) is 4.12. The number of aliphatic hydroxyl groups excluding tert-OH is 1. The second-order valence-corrected chi connectivity index (χ2v) is 13.3. The number of likely N-dealkylation sites (tertiary alicyclic amines) is 1. The van der Waals surface area contributed by atoms with E-state index in [1.54, 1.807) is 36.4 Å². The molecule has 2 amide bonds. The highest BCUT2D eigenvalue weighted by Gasteiger charge is 2.50. The van der Waals surface area contributed by atoms with Crippen molar-refractivity contribution in [1.29, 1.82) is 0 Å². The minimum atomic E-state index is -0.727. The van der Waals surface area contributed by atoms with Crippen molar-refractivity contribution in [2.75, 3.05) is 36.5 Å². The van der Waals surface area contributed by atoms with E-state index in [1.165, 1.54) is 6.92 Å². The molecule has 1 spiro atoms. The van der Waals surface area contributed by atoms with E-state index >= 15 is 0 Å². The number of piperidine rings is 1. The molecule has 4 aromatic rings. The zero-order valence-electron chi connectivity index (χ0n) is 28.1. The van der Waals surface area contributed by atoms with Crippen LogP contribution >= 0.6 is 0 Å². The number of hydrogen-bond donors (Lipinski definition) is 3. The number of Topliss-reactive ketones (excluding diaryl/α,β-unsaturated/α-hetero) is 1. The predicted molar refractivity (Wildman–Crippen MR) is 190 cm³/mol. The largest absolute Gasteiger partial charge is 0.392 e. The average molecular weight is 675 g/mol. The number of amides is 2. The first-order chi connectivity index (χ1) is 24.3. The predicted octanol–water partition coefficient (Wildman–Crippen LogP) is 5.61. The Balaban J connectivity index is 1.08. The molecule has 258 valence electrons. The van der Waals surface area contributed by atoms with Gasteiger partial charge in [0.1, 0.15) is 5.54 Å². The molecule has 3 fully saturated rings. The third-order valence-electron chi connectivity index (χ3n) is 10.1. The van der Waals surface area contributed by atoms with Crippen LogP contribution in [-0.4, -0.2) is 65.5 Å². The SMILES string of the molecule is CC(=O)c1cccc(NC(=O)c2cccc(C3O[C@H](CN4CCC5(CC4)C(=O)NCN5c4ccccc4)C[C@H](c4ccc(CO)cc4)O3)c2)c1. The number of ether oxygens (including phenoxy) is 2. The number of carbonyl (C=O) groups is 3. The summed E-state index contributed by atoms with van der Waals surface area (Å²) in [6, 6.07) is 32.0. The highest BCUT2D eigenvalue weighted by atomic mass is 16.7. The Morgan fingerprint density at radius 1 is 0.880 bits per heavy atom. The van der Waals surface area contributed by atoms with Crippen molar-refractivity contribution in [1.82, 2.24) is 10.2 Å². The van der Waals surface area contributed by atoms with Gasteiger partial charge in [0.05, 0.1) is 25.5 Å². The lowest BCUT2D eigenvalue weighted by molar-refractivity contribution is -0.253. The van der Waals surface area contributed by atoms with Crippen LogP contribution in [0.1, 0.15) is 76.0 Å². The number of carbonyl (C=O) groups excluding carboxylic acids is 3. The van der Waals surface area contributed by atoms with Gasteiger partial charge in [-0.25, -0.2) is 0 Å². The van der Waals surface area contributed by atoms with Gasteiger partial charge in [-0.3, -0.25) is 14.4 Å². The van der Waals surface area contributed by atoms with Gasteiger partial charge in [-0.05, 0) is 67.3 Å². The summed E-state index contributed by atoms with van der Waals surface area (Å²) < 4.78 is 13.2. The molecule has 50 heavy (non-hydrogen) atoms. The molecule has 0 bridgehead atoms. The molecular weight excluding hydrogens is 632 g/mol. The van der Waals surface area contributed by atoms with Gasteiger partial charge in [-0.1, -0.05) is 66.7 Å². The van der Waals surface area contributed by atoms with Crippen molar-refractivity contribution in [3.8, 4) is 0 Å². The summed E-state index contributed by atoms with van der Waals surface area (Å²) in [4.78, 5) is 43.0. The first-order valence-corrected chi connectivity index (χ1v) is 17.2. The maximum absolute atomic E-state index is 13.3. The van der Waals surface area contributed by atoms with E-state index in [0.29, 0.717) is 49.3 Å². The van der Waals surface area contributed by atoms with Gasteiger partial charge in [-0.2, -0.15) is 0 Å². The lowest BCUT2D eigenvalue weighted by atomic mass is 9.85. The van der Waals surface area contributed by atoms with Crippen LogP contribution in [0.25, 0.3) is 0 Å². The fourth-order valence-corrected chi connectivity index (χ4v) is 7.30. The number of hydrogen-bond acceptors (Lipinski definition) is 8. The molecule has 3 aliphatic heterocycles. The van der Waals surface area contributed by atoms with Gasteiger partial charge in [-0.15, -0.1) is 0 Å². The van der Waals surface area contributed by atoms with E-state index in [2.05, 4.69) is 32.6 Å². The van der Waals surface area contributed by atoms with Gasteiger partial charge in [0.25, 0.3) is 5.91 Å². The molecule has 0 aliphatic carbocycles. The summed E-state index contributed by atoms with van der Waals surface area (Å²) in [5.41, 5.74) is 4.50. The lowest BCUT2D eigenvalue weighted by Gasteiger charge is -2.45. The van der Waals surface area contributed by atoms with Gasteiger partial charge >= 0.3 is 0 Å². The van der Waals surface area contributed by atoms with E-state index in [9.17, 15) is 19.5 Å². The standard InChI is InChI=1S/C40H42N4O6/c1-27(46)30-7-6-10-33(22-30)42-37(47)31-8-5-9-32(21-31)38-49-35(23-36(50-38)29-15-13-28(25-45)14-16-29)24-43-19-17-40(18-20-43)39(48)41-26-44(40)34-11-3-2-4-12-34/h2-16,21-22,35-36,38,45H,17-20,23-26H2,1H3,(H,41,48)(H,42,47)/t35-,36+,38?/m0/s1. The number of para-hydroxylation sites is 1. The molecule has 4 aromatic carbocycles. The molecule has 10 heteroatoms. The first kappa shape index (κ1) is 33.6. The fraction of sp³-hybridized carbons (Fsp3) is 0.325. The molecule has 3 aliphatic rings. The van der Waals surface area contributed by atoms with Crippen LogP contribution in [0.2, 0.25) is 0 Å². The Morgan fingerprint density at radius 2 is 1.62 bits per heavy atom. The molecule has 10 nitrogen and oxygen atoms in total. The Kier molecular flexibility index (Phi) is 9.78. The van der Waals surface area contributed by atoms with Crippen LogP contribution in [0.15, 0.2) is 103 Å². The normalized spacial score (nSPS) is 21.9. The minimum absolute atomic E-state index is 0.0375. The van der Waals surface area contributed by atoms with Gasteiger partial charge in [0, 0.05) is 54.1 Å². The summed E-state index contributed by atoms with van der Waals surface area (Å²) in [5.74, 6) is -0.295. The zero-order valence-corrected chi connectivity index (χ0v) is 28.1. The van der Waals surface area contributed by atoms with Crippen LogP contribution in [-0.2, 0) is 20.9 Å². The third-order valence-corrected chi connectivity index (χ3v) is 10.1. The van der Waals surface area contributed by atoms with Crippen LogP contribution < -0.4 is 15.5 Å². The van der Waals surface area contributed by atoms with Gasteiger partial charge in [0.2, 0.25) is 5.91 Å². The van der Waals surface area contributed by atoms with Crippen molar-refractivity contribution < 1.29 is 29.0 Å². The molecule has 3 atom stereocenters. The minimum Gasteiger partial charge on any atom is -0.392 e. The highest BCUT2D eigenvalue weighted by molar-refractivity contribution is 6.05. The number of aliphatic hydroxyl groups is 1. The number of ketones is 1. The molecule has 3 heterocycles. The zero-order chi connectivity index (χ0) is 34.7. The number of rotatable bonds is 9. The van der Waals surface area contributed by atoms with Gasteiger partial charge in [0.15, 0.2) is 12.1 Å². The second kappa shape index (κ2) is 14.5. The summed E-state index contributed by atoms with van der Waals surface area (Å²) >= 11 is 0. The number of anilines is 2. The van der Waals surface area contributed by atoms with Crippen molar-refractivity contribution in [3.05, 3.63) is 131 Å². The molecule has 0 radical (unpaired) electrons. The molecule has 3 saturated heterocycles. The van der Waals surface area contributed by atoms with Crippen LogP contribution in [0.4, 0.5) is 11.4 Å². The summed E-state index contributed by atoms with van der Waals surface area (Å²) in [7, 11) is 0. The summed E-state index contributed by atoms with van der Waals surface area (Å²) in [6.07, 6.45) is 0.858. The highest BCUT2D eigenvalue weighted by Crippen LogP contribution is 2.40. The number of benzene rings is 4. The van der Waals surface area contributed by atoms with Gasteiger partial charge < -0.3 is 35.0 Å². The van der Waals surface area contributed by atoms with E-state index in [1.807, 2.05) is 54.6 Å². The fourth-order valence-electron chi connectivity index (χ4n) is 7.30. The molecular formula is C40H42N4O6. The Morgan fingerprint density at radius 3 is 2.36 bits per heavy atom. The summed E-state index contributed by atoms with van der Waals surface area (Å²) in [5, 5.41) is 15.6. The average Bonchev–Trinajstić information content (AvgIpc) is 3.47. The molecule has 1 unspecified atom stereocenters. The van der Waals surface area contributed by atoms with Crippen LogP contribution in [0, 0.1) is 0 Å². The third kappa shape index (κ3) is 7.06. The van der Waals surface area contributed by atoms with Crippen LogP contribution in [0.5, 0.6) is 0 Å². The smallest absolute Gasteiger partial charge is 0.255 e. The van der Waals surface area contributed by atoms with Crippen molar-refractivity contribution in [2.24, 2.45) is 0 Å². The van der Waals surface area contributed by atoms with Crippen molar-refractivity contribution >= 4 is 29.0 Å². The first-order valence-electron chi connectivity index (χ1n) is 17.2. The van der Waals surface area contributed by atoms with Crippen molar-refractivity contribution in [3.63, 3.8) is 0 Å². The maximum Gasteiger partial charge on any atom is 0.255 e. The monoisotopic (exact) mass is 674 g/mol. The Labute approximate surface area is 292 Å². The van der Waals surface area contributed by atoms with E-state index in [4.69, 9.17) is 9.47 Å². The van der Waals surface area contributed by atoms with Crippen LogP contribution in [0.3, 0.4) is 0 Å². The topological polar surface area (TPSA) is 120 Å². The second-order valence-electron chi connectivity index (χ2n) is 13.3. The molecule has 0 saturated carbocycles. The van der Waals surface area contributed by atoms with E-state index in [0.717, 1.165) is 35.5 Å². The van der Waals surface area contributed by atoms with E-state index in [-0.39, 0.29) is 36.4 Å². The number of nitrogens with one attached hydrogen (secondary N) is 2. The van der Waals surface area contributed by atoms with Crippen molar-refractivity contribution in [2.45, 2.75) is 56.8 Å². The molecule has 0 aromatic heterocycles. The Bertz CT molecular complexity index is 1840. The maximum atomic E-state index is 13.3. The van der Waals surface area contributed by atoms with E-state index < -0.39 is 11.8 Å².